The number of hydrogen-bond donors (Lipinski definition) is 1. The molecule has 5 nitrogen and oxygen atoms in total. The number of anilines is 1. The Morgan fingerprint density at radius 1 is 1.05 bits per heavy atom. The number of halogens is 3. The number of nitrogens with one attached hydrogen (secondary N) is 1. The topological polar surface area (TPSA) is 56.0 Å². The van der Waals surface area contributed by atoms with E-state index < -0.39 is 23.0 Å². The van der Waals surface area contributed by atoms with E-state index in [2.05, 4.69) is 5.32 Å². The maximum Gasteiger partial charge on any atom is 0.416 e. The minimum Gasteiger partial charge on any atom is -0.367 e. The highest BCUT2D eigenvalue weighted by atomic mass is 19.4. The minimum absolute atomic E-state index is 0.193. The Bertz CT molecular complexity index is 789. The van der Waals surface area contributed by atoms with Gasteiger partial charge in [-0.3, -0.25) is 13.9 Å². The van der Waals surface area contributed by atoms with Crippen LogP contribution in [0.2, 0.25) is 0 Å². The lowest BCUT2D eigenvalue weighted by Gasteiger charge is -2.12. The third-order valence-electron chi connectivity index (χ3n) is 3.28. The van der Waals surface area contributed by atoms with Gasteiger partial charge in [-0.15, -0.1) is 0 Å². The first kappa shape index (κ1) is 15.9. The van der Waals surface area contributed by atoms with Gasteiger partial charge in [0.1, 0.15) is 5.82 Å². The molecule has 0 saturated heterocycles. The molecule has 22 heavy (non-hydrogen) atoms. The zero-order chi connectivity index (χ0) is 16.5. The van der Waals surface area contributed by atoms with Gasteiger partial charge < -0.3 is 5.32 Å². The first-order valence-corrected chi connectivity index (χ1v) is 6.37. The van der Waals surface area contributed by atoms with Crippen LogP contribution in [0.3, 0.4) is 0 Å². The number of alkyl halides is 3. The van der Waals surface area contributed by atoms with Crippen molar-refractivity contribution in [3.8, 4) is 0 Å². The van der Waals surface area contributed by atoms with Crippen LogP contribution in [-0.4, -0.2) is 9.13 Å². The number of benzene rings is 1. The highest BCUT2D eigenvalue weighted by molar-refractivity contribution is 5.36. The van der Waals surface area contributed by atoms with E-state index >= 15 is 0 Å². The molecule has 2 aromatic rings. The Morgan fingerprint density at radius 3 is 2.18 bits per heavy atom. The summed E-state index contributed by atoms with van der Waals surface area (Å²) in [4.78, 5) is 23.3. The summed E-state index contributed by atoms with van der Waals surface area (Å²) >= 11 is 0. The van der Waals surface area contributed by atoms with Crippen LogP contribution in [0.15, 0.2) is 39.9 Å². The van der Waals surface area contributed by atoms with Gasteiger partial charge >= 0.3 is 11.9 Å². The highest BCUT2D eigenvalue weighted by Crippen LogP contribution is 2.29. The minimum atomic E-state index is -4.37. The molecule has 2 rings (SSSR count). The average molecular weight is 313 g/mol. The molecule has 0 saturated carbocycles. The Morgan fingerprint density at radius 2 is 1.64 bits per heavy atom. The van der Waals surface area contributed by atoms with E-state index in [1.807, 2.05) is 0 Å². The molecule has 0 radical (unpaired) electrons. The summed E-state index contributed by atoms with van der Waals surface area (Å²) in [7, 11) is 2.86. The summed E-state index contributed by atoms with van der Waals surface area (Å²) in [5.41, 5.74) is -1.07. The van der Waals surface area contributed by atoms with Crippen molar-refractivity contribution in [2.24, 2.45) is 14.1 Å². The molecule has 0 aliphatic heterocycles. The Labute approximate surface area is 123 Å². The van der Waals surface area contributed by atoms with Crippen LogP contribution in [0.1, 0.15) is 11.1 Å². The van der Waals surface area contributed by atoms with E-state index in [4.69, 9.17) is 0 Å². The summed E-state index contributed by atoms with van der Waals surface area (Å²) in [5.74, 6) is 0.299. The summed E-state index contributed by atoms with van der Waals surface area (Å²) in [6.45, 7) is 0.193. The first-order valence-electron chi connectivity index (χ1n) is 6.37. The van der Waals surface area contributed by atoms with Crippen LogP contribution in [-0.2, 0) is 26.8 Å². The number of hydrogen-bond acceptors (Lipinski definition) is 3. The average Bonchev–Trinajstić information content (AvgIpc) is 2.47. The van der Waals surface area contributed by atoms with Crippen molar-refractivity contribution in [3.63, 3.8) is 0 Å². The fourth-order valence-corrected chi connectivity index (χ4v) is 1.91. The van der Waals surface area contributed by atoms with Crippen molar-refractivity contribution in [3.05, 3.63) is 62.3 Å². The number of nitrogens with zero attached hydrogens (tertiary/aromatic N) is 2. The van der Waals surface area contributed by atoms with Crippen LogP contribution in [0.5, 0.6) is 0 Å². The Kier molecular flexibility index (Phi) is 4.11. The van der Waals surface area contributed by atoms with Crippen molar-refractivity contribution in [2.75, 3.05) is 5.32 Å². The quantitative estimate of drug-likeness (QED) is 0.938. The molecule has 118 valence electrons. The first-order chi connectivity index (χ1) is 10.2. The molecule has 8 heteroatoms. The van der Waals surface area contributed by atoms with Crippen molar-refractivity contribution < 1.29 is 13.2 Å². The maximum absolute atomic E-state index is 12.5. The lowest BCUT2D eigenvalue weighted by Crippen LogP contribution is -2.37. The zero-order valence-electron chi connectivity index (χ0n) is 11.9. The van der Waals surface area contributed by atoms with Gasteiger partial charge in [0.05, 0.1) is 5.56 Å². The molecule has 0 unspecified atom stereocenters. The van der Waals surface area contributed by atoms with E-state index in [1.165, 1.54) is 36.9 Å². The van der Waals surface area contributed by atoms with Crippen LogP contribution in [0.4, 0.5) is 19.0 Å². The van der Waals surface area contributed by atoms with E-state index in [9.17, 15) is 22.8 Å². The van der Waals surface area contributed by atoms with Gasteiger partial charge in [-0.1, -0.05) is 12.1 Å². The Balaban J connectivity index is 2.18. The fraction of sp³-hybridized carbons (Fsp3) is 0.286. The Hall–Kier alpha value is -2.51. The predicted molar refractivity (Wildman–Crippen MR) is 75.7 cm³/mol. The van der Waals surface area contributed by atoms with Crippen LogP contribution in [0, 0.1) is 0 Å². The molecule has 1 N–H and O–H groups in total. The van der Waals surface area contributed by atoms with Gasteiger partial charge in [0, 0.05) is 26.7 Å². The van der Waals surface area contributed by atoms with E-state index in [1.54, 1.807) is 0 Å². The van der Waals surface area contributed by atoms with E-state index in [0.717, 1.165) is 16.7 Å². The largest absolute Gasteiger partial charge is 0.416 e. The second-order valence-corrected chi connectivity index (χ2v) is 4.82. The third kappa shape index (κ3) is 3.21. The van der Waals surface area contributed by atoms with Gasteiger partial charge in [-0.2, -0.15) is 13.2 Å². The molecular formula is C14H14F3N3O2. The van der Waals surface area contributed by atoms with Crippen molar-refractivity contribution >= 4 is 5.82 Å². The van der Waals surface area contributed by atoms with Gasteiger partial charge in [0.2, 0.25) is 0 Å². The molecule has 1 aromatic heterocycles. The van der Waals surface area contributed by atoms with Crippen molar-refractivity contribution in [1.29, 1.82) is 0 Å². The van der Waals surface area contributed by atoms with Gasteiger partial charge in [0.25, 0.3) is 5.56 Å². The van der Waals surface area contributed by atoms with Gasteiger partial charge in [0.15, 0.2) is 0 Å². The van der Waals surface area contributed by atoms with Crippen molar-refractivity contribution in [2.45, 2.75) is 12.7 Å². The fourth-order valence-electron chi connectivity index (χ4n) is 1.91. The van der Waals surface area contributed by atoms with Crippen LogP contribution < -0.4 is 16.6 Å². The molecule has 1 aromatic carbocycles. The molecule has 1 heterocycles. The number of rotatable bonds is 3. The van der Waals surface area contributed by atoms with Gasteiger partial charge in [-0.05, 0) is 17.7 Å². The third-order valence-corrected chi connectivity index (χ3v) is 3.28. The molecule has 0 fully saturated rings. The van der Waals surface area contributed by atoms with Crippen LogP contribution in [0.25, 0.3) is 0 Å². The standard InChI is InChI=1S/C14H14F3N3O2/c1-19-11(7-12(21)20(2)13(19)22)18-8-9-3-5-10(6-4-9)14(15,16)17/h3-7,18H,8H2,1-2H3. The molecule has 0 spiro atoms. The van der Waals surface area contributed by atoms with Crippen molar-refractivity contribution in [1.82, 2.24) is 9.13 Å². The molecule has 0 amide bonds. The highest BCUT2D eigenvalue weighted by Gasteiger charge is 2.29. The summed E-state index contributed by atoms with van der Waals surface area (Å²) in [6, 6.07) is 5.91. The smallest absolute Gasteiger partial charge is 0.367 e. The molecule has 0 aliphatic rings. The normalized spacial score (nSPS) is 11.5. The molecular weight excluding hydrogens is 299 g/mol. The second-order valence-electron chi connectivity index (χ2n) is 4.82. The zero-order valence-corrected chi connectivity index (χ0v) is 11.9. The maximum atomic E-state index is 12.5. The number of aromatic nitrogens is 2. The summed E-state index contributed by atoms with van der Waals surface area (Å²) in [5, 5.41) is 2.86. The van der Waals surface area contributed by atoms with Gasteiger partial charge in [-0.25, -0.2) is 4.79 Å². The molecule has 0 bridgehead atoms. The monoisotopic (exact) mass is 313 g/mol. The SMILES string of the molecule is Cn1c(NCc2ccc(C(F)(F)F)cc2)cc(=O)n(C)c1=O. The molecule has 0 atom stereocenters. The summed E-state index contributed by atoms with van der Waals surface area (Å²) in [6.07, 6.45) is -4.37. The predicted octanol–water partition coefficient (Wildman–Crippen LogP) is 1.71. The van der Waals surface area contributed by atoms with E-state index in [0.29, 0.717) is 11.4 Å². The lowest BCUT2D eigenvalue weighted by molar-refractivity contribution is -0.137. The molecule has 0 aliphatic carbocycles. The summed E-state index contributed by atoms with van der Waals surface area (Å²) < 4.78 is 39.6. The van der Waals surface area contributed by atoms with E-state index in [-0.39, 0.29) is 6.54 Å². The lowest BCUT2D eigenvalue weighted by atomic mass is 10.1. The van der Waals surface area contributed by atoms with Crippen LogP contribution >= 0.6 is 0 Å². The second kappa shape index (κ2) is 5.70.